The summed E-state index contributed by atoms with van der Waals surface area (Å²) in [5, 5.41) is 15.4. The summed E-state index contributed by atoms with van der Waals surface area (Å²) in [6, 6.07) is 7.14. The fraction of sp³-hybridized carbons (Fsp3) is 0.412. The van der Waals surface area contributed by atoms with Gasteiger partial charge >= 0.3 is 0 Å². The second-order valence-electron chi connectivity index (χ2n) is 5.07. The zero-order valence-corrected chi connectivity index (χ0v) is 14.6. The first kappa shape index (κ1) is 19.0. The van der Waals surface area contributed by atoms with Gasteiger partial charge in [-0.05, 0) is 37.7 Å². The van der Waals surface area contributed by atoms with Gasteiger partial charge in [-0.25, -0.2) is 0 Å². The number of carbonyl (C=O) groups excluding carboxylic acids is 1. The molecule has 1 aromatic carbocycles. The lowest BCUT2D eigenvalue weighted by atomic mass is 10.2. The fourth-order valence-corrected chi connectivity index (χ4v) is 2.13. The van der Waals surface area contributed by atoms with Crippen LogP contribution in [0.25, 0.3) is 0 Å². The lowest BCUT2D eigenvalue weighted by Crippen LogP contribution is -2.30. The molecule has 1 rings (SSSR count). The van der Waals surface area contributed by atoms with Crippen molar-refractivity contribution in [3.63, 3.8) is 0 Å². The summed E-state index contributed by atoms with van der Waals surface area (Å²) in [7, 11) is 0. The topological polar surface area (TPSA) is 68.2 Å². The number of amides is 1. The van der Waals surface area contributed by atoms with Crippen LogP contribution in [0.5, 0.6) is 0 Å². The first-order valence-corrected chi connectivity index (χ1v) is 8.03. The van der Waals surface area contributed by atoms with Crippen molar-refractivity contribution in [1.82, 2.24) is 10.2 Å². The third-order valence-electron chi connectivity index (χ3n) is 3.51. The Labute approximate surface area is 142 Å². The standard InChI is InChI=1S/C17H23ClN4O/c1-4-22(5-2)9-8-20-12-14(11-19)17(23)21-15-7-6-13(3)16(18)10-15/h6-7,10,12,20H,4-5,8-9H2,1-3H3,(H,21,23)/b14-12-. The van der Waals surface area contributed by atoms with Gasteiger partial charge in [-0.15, -0.1) is 0 Å². The van der Waals surface area contributed by atoms with Crippen molar-refractivity contribution in [3.8, 4) is 6.07 Å². The van der Waals surface area contributed by atoms with E-state index < -0.39 is 5.91 Å². The first-order valence-electron chi connectivity index (χ1n) is 7.65. The molecule has 0 saturated carbocycles. The molecule has 0 atom stereocenters. The summed E-state index contributed by atoms with van der Waals surface area (Å²) >= 11 is 6.02. The predicted octanol–water partition coefficient (Wildman–Crippen LogP) is 2.93. The molecule has 1 amide bonds. The number of hydrogen-bond acceptors (Lipinski definition) is 4. The zero-order chi connectivity index (χ0) is 17.2. The molecule has 6 heteroatoms. The van der Waals surface area contributed by atoms with Crippen molar-refractivity contribution in [3.05, 3.63) is 40.6 Å². The van der Waals surface area contributed by atoms with Crippen LogP contribution < -0.4 is 10.6 Å². The third-order valence-corrected chi connectivity index (χ3v) is 3.92. The van der Waals surface area contributed by atoms with Gasteiger partial charge in [-0.1, -0.05) is 31.5 Å². The van der Waals surface area contributed by atoms with E-state index in [1.807, 2.05) is 19.1 Å². The van der Waals surface area contributed by atoms with Gasteiger partial charge in [0.2, 0.25) is 0 Å². The minimum absolute atomic E-state index is 0.0289. The molecule has 0 saturated heterocycles. The van der Waals surface area contributed by atoms with Gasteiger partial charge < -0.3 is 15.5 Å². The minimum atomic E-state index is -0.456. The SMILES string of the molecule is CCN(CC)CCN/C=C(/C#N)C(=O)Nc1ccc(C)c(Cl)c1. The molecule has 2 N–H and O–H groups in total. The number of aryl methyl sites for hydroxylation is 1. The number of rotatable bonds is 8. The first-order chi connectivity index (χ1) is 11.0. The number of benzene rings is 1. The molecule has 124 valence electrons. The van der Waals surface area contributed by atoms with E-state index in [2.05, 4.69) is 29.4 Å². The maximum absolute atomic E-state index is 12.1. The average Bonchev–Trinajstić information content (AvgIpc) is 2.54. The molecule has 23 heavy (non-hydrogen) atoms. The van der Waals surface area contributed by atoms with E-state index in [0.717, 1.165) is 25.2 Å². The number of carbonyl (C=O) groups is 1. The number of nitriles is 1. The Balaban J connectivity index is 2.59. The molecular weight excluding hydrogens is 312 g/mol. The Bertz CT molecular complexity index is 603. The third kappa shape index (κ3) is 6.31. The van der Waals surface area contributed by atoms with Crippen LogP contribution in [0, 0.1) is 18.3 Å². The summed E-state index contributed by atoms with van der Waals surface area (Å²) < 4.78 is 0. The van der Waals surface area contributed by atoms with Gasteiger partial charge in [0.15, 0.2) is 0 Å². The quantitative estimate of drug-likeness (QED) is 0.436. The van der Waals surface area contributed by atoms with E-state index in [4.69, 9.17) is 16.9 Å². The van der Waals surface area contributed by atoms with Crippen LogP contribution in [0.2, 0.25) is 5.02 Å². The van der Waals surface area contributed by atoms with E-state index in [1.165, 1.54) is 6.20 Å². The molecule has 0 spiro atoms. The van der Waals surface area contributed by atoms with Crippen LogP contribution in [-0.4, -0.2) is 37.0 Å². The van der Waals surface area contributed by atoms with Crippen LogP contribution in [0.15, 0.2) is 30.0 Å². The predicted molar refractivity (Wildman–Crippen MR) is 94.3 cm³/mol. The largest absolute Gasteiger partial charge is 0.388 e. The number of nitrogens with zero attached hydrogens (tertiary/aromatic N) is 2. The van der Waals surface area contributed by atoms with E-state index >= 15 is 0 Å². The Kier molecular flexibility index (Phi) is 8.17. The summed E-state index contributed by atoms with van der Waals surface area (Å²) in [5.74, 6) is -0.456. The highest BCUT2D eigenvalue weighted by Gasteiger charge is 2.10. The molecule has 0 aromatic heterocycles. The lowest BCUT2D eigenvalue weighted by Gasteiger charge is -2.17. The van der Waals surface area contributed by atoms with Gasteiger partial charge in [0.05, 0.1) is 0 Å². The van der Waals surface area contributed by atoms with E-state index in [-0.39, 0.29) is 5.57 Å². The molecule has 5 nitrogen and oxygen atoms in total. The maximum Gasteiger partial charge on any atom is 0.267 e. The summed E-state index contributed by atoms with van der Waals surface area (Å²) in [5.41, 5.74) is 1.52. The smallest absolute Gasteiger partial charge is 0.267 e. The highest BCUT2D eigenvalue weighted by molar-refractivity contribution is 6.31. The monoisotopic (exact) mass is 334 g/mol. The second-order valence-corrected chi connectivity index (χ2v) is 5.48. The number of likely N-dealkylation sites (N-methyl/N-ethyl adjacent to an activating group) is 1. The summed E-state index contributed by atoms with van der Waals surface area (Å²) in [6.45, 7) is 9.56. The van der Waals surface area contributed by atoms with E-state index in [0.29, 0.717) is 17.3 Å². The van der Waals surface area contributed by atoms with E-state index in [9.17, 15) is 4.79 Å². The van der Waals surface area contributed by atoms with Gasteiger partial charge in [0, 0.05) is 30.0 Å². The Morgan fingerprint density at radius 1 is 1.39 bits per heavy atom. The normalized spacial score (nSPS) is 11.2. The van der Waals surface area contributed by atoms with Crippen molar-refractivity contribution in [1.29, 1.82) is 5.26 Å². The fourth-order valence-electron chi connectivity index (χ4n) is 1.95. The summed E-state index contributed by atoms with van der Waals surface area (Å²) in [4.78, 5) is 14.3. The molecule has 1 aromatic rings. The maximum atomic E-state index is 12.1. The Hall–Kier alpha value is -2.03. The van der Waals surface area contributed by atoms with Crippen molar-refractivity contribution in [2.75, 3.05) is 31.5 Å². The Morgan fingerprint density at radius 3 is 2.65 bits per heavy atom. The van der Waals surface area contributed by atoms with Gasteiger partial charge in [-0.3, -0.25) is 4.79 Å². The minimum Gasteiger partial charge on any atom is -0.388 e. The average molecular weight is 335 g/mol. The second kappa shape index (κ2) is 9.88. The molecular formula is C17H23ClN4O. The van der Waals surface area contributed by atoms with E-state index in [1.54, 1.807) is 12.1 Å². The van der Waals surface area contributed by atoms with Crippen molar-refractivity contribution < 1.29 is 4.79 Å². The van der Waals surface area contributed by atoms with Crippen molar-refractivity contribution in [2.24, 2.45) is 0 Å². The van der Waals surface area contributed by atoms with Crippen LogP contribution in [0.1, 0.15) is 19.4 Å². The van der Waals surface area contributed by atoms with Crippen LogP contribution in [-0.2, 0) is 4.79 Å². The number of halogens is 1. The van der Waals surface area contributed by atoms with Gasteiger partial charge in [-0.2, -0.15) is 5.26 Å². The lowest BCUT2D eigenvalue weighted by molar-refractivity contribution is -0.112. The highest BCUT2D eigenvalue weighted by Crippen LogP contribution is 2.20. The van der Waals surface area contributed by atoms with Crippen molar-refractivity contribution in [2.45, 2.75) is 20.8 Å². The molecule has 0 aliphatic carbocycles. The molecule has 0 heterocycles. The van der Waals surface area contributed by atoms with Crippen LogP contribution in [0.4, 0.5) is 5.69 Å². The van der Waals surface area contributed by atoms with Crippen molar-refractivity contribution >= 4 is 23.2 Å². The molecule has 0 bridgehead atoms. The van der Waals surface area contributed by atoms with Gasteiger partial charge in [0.1, 0.15) is 11.6 Å². The molecule has 0 aliphatic rings. The van der Waals surface area contributed by atoms with Gasteiger partial charge in [0.25, 0.3) is 5.91 Å². The molecule has 0 unspecified atom stereocenters. The van der Waals surface area contributed by atoms with Crippen LogP contribution in [0.3, 0.4) is 0 Å². The zero-order valence-electron chi connectivity index (χ0n) is 13.8. The molecule has 0 fully saturated rings. The Morgan fingerprint density at radius 2 is 2.09 bits per heavy atom. The van der Waals surface area contributed by atoms with Crippen LogP contribution >= 0.6 is 11.6 Å². The summed E-state index contributed by atoms with van der Waals surface area (Å²) in [6.07, 6.45) is 1.45. The number of anilines is 1. The molecule has 0 aliphatic heterocycles. The number of nitrogens with one attached hydrogen (secondary N) is 2. The highest BCUT2D eigenvalue weighted by atomic mass is 35.5. The number of hydrogen-bond donors (Lipinski definition) is 2. The molecule has 0 radical (unpaired) electrons.